The van der Waals surface area contributed by atoms with Gasteiger partial charge in [0.05, 0.1) is 27.6 Å². The average Bonchev–Trinajstić information content (AvgIpc) is 3.37. The Labute approximate surface area is 210 Å². The Kier molecular flexibility index (Phi) is 6.93. The van der Waals surface area contributed by atoms with Gasteiger partial charge in [-0.1, -0.05) is 47.5 Å². The van der Waals surface area contributed by atoms with Crippen molar-refractivity contribution in [3.63, 3.8) is 0 Å². The first kappa shape index (κ1) is 23.8. The van der Waals surface area contributed by atoms with Gasteiger partial charge in [0.1, 0.15) is 18.1 Å². The maximum absolute atomic E-state index is 13.0. The van der Waals surface area contributed by atoms with Crippen LogP contribution in [0.4, 0.5) is 5.69 Å². The van der Waals surface area contributed by atoms with E-state index < -0.39 is 5.97 Å². The molecule has 0 bridgehead atoms. The fourth-order valence-electron chi connectivity index (χ4n) is 3.30. The number of carbonyl (C=O) groups is 2. The van der Waals surface area contributed by atoms with Crippen LogP contribution in [0.2, 0.25) is 15.1 Å². The fourth-order valence-corrected chi connectivity index (χ4v) is 4.01. The summed E-state index contributed by atoms with van der Waals surface area (Å²) in [4.78, 5) is 25.2. The number of hydrogen-bond acceptors (Lipinski definition) is 5. The molecule has 2 heterocycles. The molecule has 4 rings (SSSR count). The lowest BCUT2D eigenvalue weighted by Gasteiger charge is -2.12. The molecule has 172 valence electrons. The molecule has 0 saturated heterocycles. The van der Waals surface area contributed by atoms with Gasteiger partial charge >= 0.3 is 5.97 Å². The molecule has 1 aliphatic rings. The molecule has 1 aliphatic heterocycles. The molecule has 2 aromatic carbocycles. The van der Waals surface area contributed by atoms with Gasteiger partial charge in [-0.25, -0.2) is 4.79 Å². The number of nitrogens with zero attached hydrogens (tertiary/aromatic N) is 2. The Morgan fingerprint density at radius 2 is 1.85 bits per heavy atom. The zero-order chi connectivity index (χ0) is 24.4. The summed E-state index contributed by atoms with van der Waals surface area (Å²) in [6, 6.07) is 13.1. The maximum Gasteiger partial charge on any atom is 0.339 e. The fraction of sp³-hybridized carbons (Fsp3) is 0.0800. The number of carbonyl (C=O) groups excluding carboxylic acids is 2. The van der Waals surface area contributed by atoms with E-state index in [4.69, 9.17) is 44.0 Å². The van der Waals surface area contributed by atoms with Gasteiger partial charge in [0.2, 0.25) is 0 Å². The van der Waals surface area contributed by atoms with Gasteiger partial charge in [-0.3, -0.25) is 4.79 Å². The van der Waals surface area contributed by atoms with Crippen LogP contribution in [0.5, 0.6) is 0 Å². The summed E-state index contributed by atoms with van der Waals surface area (Å²) in [5, 5.41) is 6.62. The first-order chi connectivity index (χ1) is 16.3. The summed E-state index contributed by atoms with van der Waals surface area (Å²) in [5.74, 6) is 0.0159. The number of rotatable bonds is 6. The summed E-state index contributed by atoms with van der Waals surface area (Å²) in [6.07, 6.45) is 3.08. The molecule has 1 aromatic heterocycles. The van der Waals surface area contributed by atoms with Crippen LogP contribution in [0.25, 0.3) is 17.4 Å². The van der Waals surface area contributed by atoms with E-state index in [0.29, 0.717) is 44.1 Å². The lowest BCUT2D eigenvalue weighted by molar-refractivity contribution is -0.114. The standard InChI is InChI=1S/C25H17Cl3N2O4/c1-3-8-33-25(32)21-9-15(4-6-22(21)28)23-7-5-19(34-23)13-20-14(2)29-30(24(20)31)18-11-16(26)10-17(27)12-18/h3-7,9-13H,1,8H2,2H3/b20-13+. The molecule has 9 heteroatoms. The second kappa shape index (κ2) is 9.89. The number of benzene rings is 2. The Bertz CT molecular complexity index is 1350. The van der Waals surface area contributed by atoms with E-state index in [2.05, 4.69) is 11.7 Å². The van der Waals surface area contributed by atoms with Gasteiger partial charge < -0.3 is 9.15 Å². The van der Waals surface area contributed by atoms with Crippen molar-refractivity contribution in [2.24, 2.45) is 5.10 Å². The number of esters is 1. The number of ether oxygens (including phenoxy) is 1. The predicted octanol–water partition coefficient (Wildman–Crippen LogP) is 7.06. The molecule has 34 heavy (non-hydrogen) atoms. The van der Waals surface area contributed by atoms with Crippen LogP contribution in [0.15, 0.2) is 76.3 Å². The SMILES string of the molecule is C=CCOC(=O)c1cc(-c2ccc(/C=C3/C(=O)N(c4cc(Cl)cc(Cl)c4)N=C3C)o2)ccc1Cl. The average molecular weight is 516 g/mol. The molecule has 0 atom stereocenters. The lowest BCUT2D eigenvalue weighted by Crippen LogP contribution is -2.21. The second-order valence-corrected chi connectivity index (χ2v) is 8.55. The van der Waals surface area contributed by atoms with Crippen LogP contribution in [0, 0.1) is 0 Å². The van der Waals surface area contributed by atoms with Crippen molar-refractivity contribution in [1.82, 2.24) is 0 Å². The van der Waals surface area contributed by atoms with E-state index in [1.807, 2.05) is 0 Å². The summed E-state index contributed by atoms with van der Waals surface area (Å²) >= 11 is 18.3. The third-order valence-electron chi connectivity index (χ3n) is 4.87. The highest BCUT2D eigenvalue weighted by molar-refractivity contribution is 6.36. The molecule has 6 nitrogen and oxygen atoms in total. The minimum Gasteiger partial charge on any atom is -0.458 e. The van der Waals surface area contributed by atoms with Crippen molar-refractivity contribution >= 4 is 64.2 Å². The molecule has 0 saturated carbocycles. The van der Waals surface area contributed by atoms with Crippen molar-refractivity contribution in [3.05, 3.63) is 93.2 Å². The summed E-state index contributed by atoms with van der Waals surface area (Å²) < 4.78 is 11.0. The minimum absolute atomic E-state index is 0.0746. The molecular weight excluding hydrogens is 499 g/mol. The number of anilines is 1. The number of furan rings is 1. The van der Waals surface area contributed by atoms with Crippen LogP contribution in [-0.4, -0.2) is 24.2 Å². The largest absolute Gasteiger partial charge is 0.458 e. The van der Waals surface area contributed by atoms with E-state index in [1.54, 1.807) is 61.5 Å². The van der Waals surface area contributed by atoms with Crippen molar-refractivity contribution in [2.75, 3.05) is 11.6 Å². The quantitative estimate of drug-likeness (QED) is 0.200. The Morgan fingerprint density at radius 1 is 1.12 bits per heavy atom. The summed E-state index contributed by atoms with van der Waals surface area (Å²) in [7, 11) is 0. The van der Waals surface area contributed by atoms with Crippen molar-refractivity contribution in [3.8, 4) is 11.3 Å². The summed E-state index contributed by atoms with van der Waals surface area (Å²) in [5.41, 5.74) is 2.17. The van der Waals surface area contributed by atoms with Crippen LogP contribution in [-0.2, 0) is 9.53 Å². The number of amides is 1. The van der Waals surface area contributed by atoms with Crippen molar-refractivity contribution in [2.45, 2.75) is 6.92 Å². The Morgan fingerprint density at radius 3 is 2.56 bits per heavy atom. The minimum atomic E-state index is -0.565. The third-order valence-corrected chi connectivity index (χ3v) is 5.64. The van der Waals surface area contributed by atoms with E-state index in [-0.39, 0.29) is 23.1 Å². The number of hydrazone groups is 1. The summed E-state index contributed by atoms with van der Waals surface area (Å²) in [6.45, 7) is 5.32. The van der Waals surface area contributed by atoms with E-state index >= 15 is 0 Å². The molecule has 3 aromatic rings. The van der Waals surface area contributed by atoms with E-state index in [0.717, 1.165) is 0 Å². The van der Waals surface area contributed by atoms with Gasteiger partial charge in [-0.2, -0.15) is 10.1 Å². The van der Waals surface area contributed by atoms with Crippen LogP contribution in [0.1, 0.15) is 23.0 Å². The predicted molar refractivity (Wildman–Crippen MR) is 135 cm³/mol. The Balaban J connectivity index is 1.60. The third kappa shape index (κ3) is 4.94. The molecule has 0 aliphatic carbocycles. The van der Waals surface area contributed by atoms with E-state index in [1.165, 1.54) is 11.1 Å². The smallest absolute Gasteiger partial charge is 0.339 e. The normalized spacial score (nSPS) is 14.5. The van der Waals surface area contributed by atoms with Gasteiger partial charge in [0, 0.05) is 15.6 Å². The molecule has 0 unspecified atom stereocenters. The highest BCUT2D eigenvalue weighted by atomic mass is 35.5. The molecule has 1 amide bonds. The van der Waals surface area contributed by atoms with Gasteiger partial charge in [0.15, 0.2) is 0 Å². The van der Waals surface area contributed by atoms with Crippen LogP contribution in [0.3, 0.4) is 0 Å². The van der Waals surface area contributed by atoms with Gasteiger partial charge in [-0.05, 0) is 61.5 Å². The first-order valence-electron chi connectivity index (χ1n) is 10.0. The monoisotopic (exact) mass is 514 g/mol. The van der Waals surface area contributed by atoms with E-state index in [9.17, 15) is 9.59 Å². The number of hydrogen-bond donors (Lipinski definition) is 0. The molecule has 0 fully saturated rings. The van der Waals surface area contributed by atoms with Gasteiger partial charge in [0.25, 0.3) is 5.91 Å². The second-order valence-electron chi connectivity index (χ2n) is 7.27. The van der Waals surface area contributed by atoms with Crippen LogP contribution < -0.4 is 5.01 Å². The first-order valence-corrected chi connectivity index (χ1v) is 11.2. The topological polar surface area (TPSA) is 72.1 Å². The van der Waals surface area contributed by atoms with Gasteiger partial charge in [-0.15, -0.1) is 0 Å². The lowest BCUT2D eigenvalue weighted by atomic mass is 10.1. The molecule has 0 radical (unpaired) electrons. The molecule has 0 spiro atoms. The highest BCUT2D eigenvalue weighted by Gasteiger charge is 2.29. The molecule has 0 N–H and O–H groups in total. The molecular formula is C25H17Cl3N2O4. The van der Waals surface area contributed by atoms with Crippen LogP contribution >= 0.6 is 34.8 Å². The Hall–Kier alpha value is -3.32. The highest BCUT2D eigenvalue weighted by Crippen LogP contribution is 2.32. The zero-order valence-corrected chi connectivity index (χ0v) is 20.1. The number of halogens is 3. The van der Waals surface area contributed by atoms with Crippen molar-refractivity contribution < 1.29 is 18.7 Å². The maximum atomic E-state index is 13.0. The zero-order valence-electron chi connectivity index (χ0n) is 17.8. The van der Waals surface area contributed by atoms with Crippen molar-refractivity contribution in [1.29, 1.82) is 0 Å².